The molecule has 9 nitrogen and oxygen atoms in total. The van der Waals surface area contributed by atoms with E-state index in [1.807, 2.05) is 0 Å². The van der Waals surface area contributed by atoms with Crippen LogP contribution in [0.4, 0.5) is 0 Å². The number of carbonyl (C=O) groups is 1. The summed E-state index contributed by atoms with van der Waals surface area (Å²) in [6.07, 6.45) is 0.510. The van der Waals surface area contributed by atoms with Crippen LogP contribution in [0.1, 0.15) is 17.7 Å². The lowest BCUT2D eigenvalue weighted by atomic mass is 10.1. The largest absolute Gasteiger partial charge is 0.493 e. The summed E-state index contributed by atoms with van der Waals surface area (Å²) in [5.74, 6) is 1.27. The number of nitrogens with zero attached hydrogens (tertiary/aromatic N) is 1. The Kier molecular flexibility index (Phi) is 7.52. The molecule has 1 heterocycles. The van der Waals surface area contributed by atoms with Crippen LogP contribution < -0.4 is 14.2 Å². The summed E-state index contributed by atoms with van der Waals surface area (Å²) in [5.41, 5.74) is 0.814. The first-order valence-corrected chi connectivity index (χ1v) is 10.1. The summed E-state index contributed by atoms with van der Waals surface area (Å²) in [5, 5.41) is -0.203. The van der Waals surface area contributed by atoms with Crippen molar-refractivity contribution in [1.82, 2.24) is 4.31 Å². The number of furan rings is 1. The van der Waals surface area contributed by atoms with Crippen LogP contribution in [0, 0.1) is 0 Å². The number of carbonyl (C=O) groups excluding carboxylic acids is 1. The number of hydrogen-bond donors (Lipinski definition) is 0. The third-order valence-electron chi connectivity index (χ3n) is 4.09. The van der Waals surface area contributed by atoms with E-state index < -0.39 is 16.0 Å². The van der Waals surface area contributed by atoms with Gasteiger partial charge in [-0.05, 0) is 36.2 Å². The molecule has 0 N–H and O–H groups in total. The van der Waals surface area contributed by atoms with E-state index in [0.717, 1.165) is 9.87 Å². The van der Waals surface area contributed by atoms with E-state index in [-0.39, 0.29) is 23.9 Å². The zero-order chi connectivity index (χ0) is 21.6. The predicted octanol–water partition coefficient (Wildman–Crippen LogP) is 2.23. The molecular formula is C19H25NO8S. The van der Waals surface area contributed by atoms with E-state index in [1.165, 1.54) is 47.6 Å². The Morgan fingerprint density at radius 1 is 1.03 bits per heavy atom. The molecule has 0 saturated carbocycles. The fourth-order valence-corrected chi connectivity index (χ4v) is 3.32. The summed E-state index contributed by atoms with van der Waals surface area (Å²) in [6, 6.07) is 6.32. The van der Waals surface area contributed by atoms with Crippen LogP contribution in [0.2, 0.25) is 0 Å². The molecule has 0 aliphatic rings. The molecule has 29 heavy (non-hydrogen) atoms. The Morgan fingerprint density at radius 2 is 1.66 bits per heavy atom. The van der Waals surface area contributed by atoms with Gasteiger partial charge in [-0.25, -0.2) is 12.7 Å². The second-order valence-electron chi connectivity index (χ2n) is 6.20. The molecule has 0 atom stereocenters. The molecular weight excluding hydrogens is 402 g/mol. The molecule has 0 unspecified atom stereocenters. The van der Waals surface area contributed by atoms with Crippen molar-refractivity contribution >= 4 is 16.0 Å². The van der Waals surface area contributed by atoms with Gasteiger partial charge < -0.3 is 23.4 Å². The average molecular weight is 427 g/mol. The molecule has 0 amide bonds. The maximum Gasteiger partial charge on any atom is 0.306 e. The molecule has 0 saturated heterocycles. The Bertz CT molecular complexity index is 924. The van der Waals surface area contributed by atoms with Gasteiger partial charge in [0.1, 0.15) is 12.4 Å². The maximum atomic E-state index is 12.1. The fraction of sp³-hybridized carbons (Fsp3) is 0.421. The van der Waals surface area contributed by atoms with E-state index in [4.69, 9.17) is 23.4 Å². The summed E-state index contributed by atoms with van der Waals surface area (Å²) < 4.78 is 51.3. The highest BCUT2D eigenvalue weighted by atomic mass is 32.2. The molecule has 0 aliphatic carbocycles. The zero-order valence-electron chi connectivity index (χ0n) is 17.1. The Balaban J connectivity index is 1.95. The molecule has 10 heteroatoms. The lowest BCUT2D eigenvalue weighted by molar-refractivity contribution is -0.145. The highest BCUT2D eigenvalue weighted by Gasteiger charge is 2.22. The molecule has 0 aliphatic heterocycles. The van der Waals surface area contributed by atoms with E-state index in [0.29, 0.717) is 23.7 Å². The summed E-state index contributed by atoms with van der Waals surface area (Å²) >= 11 is 0. The fourth-order valence-electron chi connectivity index (χ4n) is 2.50. The summed E-state index contributed by atoms with van der Waals surface area (Å²) in [7, 11) is 3.69. The van der Waals surface area contributed by atoms with Crippen molar-refractivity contribution in [3.63, 3.8) is 0 Å². The Hall–Kier alpha value is -2.72. The second-order valence-corrected chi connectivity index (χ2v) is 8.29. The highest BCUT2D eigenvalue weighted by molar-refractivity contribution is 7.88. The Labute approximate surface area is 170 Å². The number of rotatable bonds is 10. The van der Waals surface area contributed by atoms with Crippen LogP contribution in [-0.2, 0) is 32.6 Å². The van der Waals surface area contributed by atoms with Gasteiger partial charge in [0.2, 0.25) is 10.8 Å². The highest BCUT2D eigenvalue weighted by Crippen LogP contribution is 2.38. The van der Waals surface area contributed by atoms with E-state index in [1.54, 1.807) is 12.1 Å². The summed E-state index contributed by atoms with van der Waals surface area (Å²) in [6.45, 7) is -0.156. The van der Waals surface area contributed by atoms with Gasteiger partial charge in [0.05, 0.1) is 21.3 Å². The van der Waals surface area contributed by atoms with Gasteiger partial charge in [0.25, 0.3) is 10.0 Å². The van der Waals surface area contributed by atoms with E-state index in [9.17, 15) is 13.2 Å². The predicted molar refractivity (Wildman–Crippen MR) is 104 cm³/mol. The first-order valence-electron chi connectivity index (χ1n) is 8.68. The average Bonchev–Trinajstić information content (AvgIpc) is 3.19. The molecule has 0 spiro atoms. The van der Waals surface area contributed by atoms with Crippen molar-refractivity contribution in [2.24, 2.45) is 0 Å². The van der Waals surface area contributed by atoms with Gasteiger partial charge >= 0.3 is 5.97 Å². The molecule has 2 rings (SSSR count). The van der Waals surface area contributed by atoms with Crippen molar-refractivity contribution in [3.8, 4) is 17.2 Å². The van der Waals surface area contributed by atoms with Crippen LogP contribution in [0.15, 0.2) is 33.8 Å². The van der Waals surface area contributed by atoms with Gasteiger partial charge in [-0.1, -0.05) is 0 Å². The van der Waals surface area contributed by atoms with Crippen LogP contribution in [-0.4, -0.2) is 54.1 Å². The van der Waals surface area contributed by atoms with Crippen LogP contribution in [0.3, 0.4) is 0 Å². The van der Waals surface area contributed by atoms with Gasteiger partial charge in [-0.3, -0.25) is 4.79 Å². The third-order valence-corrected chi connectivity index (χ3v) is 5.78. The van der Waals surface area contributed by atoms with E-state index >= 15 is 0 Å². The van der Waals surface area contributed by atoms with Gasteiger partial charge in [-0.15, -0.1) is 0 Å². The first-order chi connectivity index (χ1) is 13.7. The monoisotopic (exact) mass is 427 g/mol. The first kappa shape index (κ1) is 22.6. The van der Waals surface area contributed by atoms with Gasteiger partial charge in [0.15, 0.2) is 11.5 Å². The topological polar surface area (TPSA) is 105 Å². The number of hydrogen-bond acceptors (Lipinski definition) is 8. The van der Waals surface area contributed by atoms with Gasteiger partial charge in [0, 0.05) is 20.5 Å². The molecule has 2 aromatic rings. The number of aryl methyl sites for hydroxylation is 1. The van der Waals surface area contributed by atoms with Crippen molar-refractivity contribution in [2.75, 3.05) is 35.4 Å². The number of benzene rings is 1. The molecule has 160 valence electrons. The van der Waals surface area contributed by atoms with Crippen molar-refractivity contribution in [1.29, 1.82) is 0 Å². The van der Waals surface area contributed by atoms with Crippen molar-refractivity contribution in [3.05, 3.63) is 35.6 Å². The Morgan fingerprint density at radius 3 is 2.17 bits per heavy atom. The standard InChI is InChI=1S/C19H25NO8S/c1-20(2)29(22,23)18-9-7-14(28-18)12-27-17(21)8-6-13-10-15(24-3)19(26-5)16(11-13)25-4/h7,9-11H,6,8,12H2,1-5H3. The van der Waals surface area contributed by atoms with Crippen LogP contribution >= 0.6 is 0 Å². The molecule has 1 aromatic heterocycles. The van der Waals surface area contributed by atoms with Crippen molar-refractivity contribution < 1.29 is 36.6 Å². The lowest BCUT2D eigenvalue weighted by Gasteiger charge is -2.14. The number of esters is 1. The smallest absolute Gasteiger partial charge is 0.306 e. The van der Waals surface area contributed by atoms with Crippen LogP contribution in [0.5, 0.6) is 17.2 Å². The number of ether oxygens (including phenoxy) is 4. The summed E-state index contributed by atoms with van der Waals surface area (Å²) in [4.78, 5) is 12.1. The minimum absolute atomic E-state index is 0.113. The van der Waals surface area contributed by atoms with Crippen LogP contribution in [0.25, 0.3) is 0 Å². The third kappa shape index (κ3) is 5.42. The SMILES string of the molecule is COc1cc(CCC(=O)OCc2ccc(S(=O)(=O)N(C)C)o2)cc(OC)c1OC. The van der Waals surface area contributed by atoms with Crippen molar-refractivity contribution in [2.45, 2.75) is 24.5 Å². The molecule has 0 fully saturated rings. The normalized spacial score (nSPS) is 11.4. The second kappa shape index (κ2) is 9.66. The molecule has 1 aromatic carbocycles. The maximum absolute atomic E-state index is 12.1. The van der Waals surface area contributed by atoms with E-state index in [2.05, 4.69) is 0 Å². The number of methoxy groups -OCH3 is 3. The zero-order valence-corrected chi connectivity index (χ0v) is 17.9. The lowest BCUT2D eigenvalue weighted by Crippen LogP contribution is -2.21. The molecule has 0 bridgehead atoms. The minimum Gasteiger partial charge on any atom is -0.493 e. The number of sulfonamides is 1. The quantitative estimate of drug-likeness (QED) is 0.532. The van der Waals surface area contributed by atoms with Gasteiger partial charge in [-0.2, -0.15) is 0 Å². The molecule has 0 radical (unpaired) electrons. The minimum atomic E-state index is -3.67.